The van der Waals surface area contributed by atoms with E-state index in [1.54, 1.807) is 6.33 Å². The highest BCUT2D eigenvalue weighted by molar-refractivity contribution is 5.84. The summed E-state index contributed by atoms with van der Waals surface area (Å²) in [6.45, 7) is 3.95. The van der Waals surface area contributed by atoms with Crippen LogP contribution in [0.5, 0.6) is 0 Å². The van der Waals surface area contributed by atoms with Crippen LogP contribution in [0.2, 0.25) is 0 Å². The summed E-state index contributed by atoms with van der Waals surface area (Å²) in [6.07, 6.45) is 4.91. The Morgan fingerprint density at radius 2 is 2.29 bits per heavy atom. The molecule has 0 radical (unpaired) electrons. The van der Waals surface area contributed by atoms with Crippen LogP contribution in [0, 0.1) is 0 Å². The molecule has 17 heavy (non-hydrogen) atoms. The normalized spacial score (nSPS) is 16.3. The van der Waals surface area contributed by atoms with Gasteiger partial charge < -0.3 is 15.6 Å². The topological polar surface area (TPSA) is 83.7 Å². The van der Waals surface area contributed by atoms with Crippen molar-refractivity contribution in [3.8, 4) is 0 Å². The number of anilines is 2. The van der Waals surface area contributed by atoms with E-state index in [1.165, 1.54) is 5.57 Å². The van der Waals surface area contributed by atoms with Crippen molar-refractivity contribution in [2.24, 2.45) is 0 Å². The summed E-state index contributed by atoms with van der Waals surface area (Å²) in [5.41, 5.74) is 8.54. The number of nitrogens with two attached hydrogens (primary N) is 1. The fourth-order valence-corrected chi connectivity index (χ4v) is 2.16. The lowest BCUT2D eigenvalue weighted by Crippen LogP contribution is -2.30. The molecular weight excluding hydrogens is 216 g/mol. The van der Waals surface area contributed by atoms with Gasteiger partial charge in [-0.15, -0.1) is 0 Å². The van der Waals surface area contributed by atoms with Gasteiger partial charge in [0.25, 0.3) is 0 Å². The first-order valence-corrected chi connectivity index (χ1v) is 5.61. The van der Waals surface area contributed by atoms with Gasteiger partial charge in [0.1, 0.15) is 5.52 Å². The maximum Gasteiger partial charge on any atom is 0.224 e. The molecule has 0 amide bonds. The van der Waals surface area contributed by atoms with E-state index in [0.29, 0.717) is 5.65 Å². The summed E-state index contributed by atoms with van der Waals surface area (Å²) < 4.78 is 0. The number of nitrogens with one attached hydrogen (secondary N) is 1. The maximum atomic E-state index is 5.71. The molecule has 1 aliphatic heterocycles. The Labute approximate surface area is 98.6 Å². The number of imidazole rings is 1. The van der Waals surface area contributed by atoms with Gasteiger partial charge in [-0.1, -0.05) is 11.6 Å². The zero-order chi connectivity index (χ0) is 11.8. The molecule has 0 aliphatic carbocycles. The van der Waals surface area contributed by atoms with Gasteiger partial charge in [0, 0.05) is 13.1 Å². The van der Waals surface area contributed by atoms with Crippen molar-refractivity contribution in [2.45, 2.75) is 13.3 Å². The van der Waals surface area contributed by atoms with Crippen molar-refractivity contribution in [1.82, 2.24) is 19.9 Å². The van der Waals surface area contributed by atoms with Gasteiger partial charge in [-0.25, -0.2) is 4.98 Å². The second kappa shape index (κ2) is 3.73. The zero-order valence-corrected chi connectivity index (χ0v) is 9.64. The van der Waals surface area contributed by atoms with E-state index in [-0.39, 0.29) is 5.95 Å². The Hall–Kier alpha value is -2.11. The van der Waals surface area contributed by atoms with Crippen LogP contribution in [-0.2, 0) is 0 Å². The quantitative estimate of drug-likeness (QED) is 0.716. The van der Waals surface area contributed by atoms with E-state index in [0.717, 1.165) is 30.8 Å². The molecule has 0 bridgehead atoms. The van der Waals surface area contributed by atoms with Gasteiger partial charge in [-0.2, -0.15) is 9.97 Å². The SMILES string of the molecule is CC1=CCCN(c2nc(N)nc3nc[nH]c23)C1. The fraction of sp³-hybridized carbons (Fsp3) is 0.364. The van der Waals surface area contributed by atoms with Crippen LogP contribution in [0.1, 0.15) is 13.3 Å². The van der Waals surface area contributed by atoms with E-state index in [1.807, 2.05) is 0 Å². The molecule has 6 heteroatoms. The number of hydrogen-bond donors (Lipinski definition) is 2. The van der Waals surface area contributed by atoms with E-state index < -0.39 is 0 Å². The predicted octanol–water partition coefficient (Wildman–Crippen LogP) is 1.09. The number of aromatic nitrogens is 4. The minimum absolute atomic E-state index is 0.270. The van der Waals surface area contributed by atoms with Gasteiger partial charge >= 0.3 is 0 Å². The van der Waals surface area contributed by atoms with Crippen LogP contribution in [0.4, 0.5) is 11.8 Å². The molecule has 2 aromatic rings. The van der Waals surface area contributed by atoms with Crippen molar-refractivity contribution in [2.75, 3.05) is 23.7 Å². The summed E-state index contributed by atoms with van der Waals surface area (Å²) in [6, 6.07) is 0. The average molecular weight is 230 g/mol. The minimum atomic E-state index is 0.270. The van der Waals surface area contributed by atoms with E-state index >= 15 is 0 Å². The van der Waals surface area contributed by atoms with Crippen molar-refractivity contribution in [3.05, 3.63) is 18.0 Å². The molecule has 1 aliphatic rings. The highest BCUT2D eigenvalue weighted by Crippen LogP contribution is 2.24. The largest absolute Gasteiger partial charge is 0.368 e. The van der Waals surface area contributed by atoms with Crippen LogP contribution < -0.4 is 10.6 Å². The first-order chi connectivity index (χ1) is 8.24. The summed E-state index contributed by atoms with van der Waals surface area (Å²) in [7, 11) is 0. The number of rotatable bonds is 1. The van der Waals surface area contributed by atoms with E-state index in [4.69, 9.17) is 5.73 Å². The van der Waals surface area contributed by atoms with Gasteiger partial charge in [-0.3, -0.25) is 0 Å². The molecule has 3 rings (SSSR count). The lowest BCUT2D eigenvalue weighted by Gasteiger charge is -2.27. The number of aromatic amines is 1. The number of fused-ring (bicyclic) bond motifs is 1. The Morgan fingerprint density at radius 1 is 1.41 bits per heavy atom. The van der Waals surface area contributed by atoms with Gasteiger partial charge in [-0.05, 0) is 13.3 Å². The van der Waals surface area contributed by atoms with Crippen LogP contribution in [-0.4, -0.2) is 33.0 Å². The lowest BCUT2D eigenvalue weighted by atomic mass is 10.1. The summed E-state index contributed by atoms with van der Waals surface area (Å²) in [4.78, 5) is 17.8. The second-order valence-electron chi connectivity index (χ2n) is 4.27. The van der Waals surface area contributed by atoms with Gasteiger partial charge in [0.15, 0.2) is 11.5 Å². The molecule has 0 atom stereocenters. The molecule has 2 aromatic heterocycles. The second-order valence-corrected chi connectivity index (χ2v) is 4.27. The molecule has 0 spiro atoms. The first-order valence-electron chi connectivity index (χ1n) is 5.61. The molecule has 6 nitrogen and oxygen atoms in total. The number of nitrogen functional groups attached to an aromatic ring is 1. The van der Waals surface area contributed by atoms with Crippen LogP contribution in [0.25, 0.3) is 11.2 Å². The molecular formula is C11H14N6. The highest BCUT2D eigenvalue weighted by Gasteiger charge is 2.17. The zero-order valence-electron chi connectivity index (χ0n) is 9.64. The molecule has 0 saturated heterocycles. The number of H-pyrrole nitrogens is 1. The number of nitrogens with zero attached hydrogens (tertiary/aromatic N) is 4. The Morgan fingerprint density at radius 3 is 3.12 bits per heavy atom. The van der Waals surface area contributed by atoms with Crippen molar-refractivity contribution < 1.29 is 0 Å². The third kappa shape index (κ3) is 1.71. The molecule has 3 heterocycles. The van der Waals surface area contributed by atoms with Crippen molar-refractivity contribution in [3.63, 3.8) is 0 Å². The summed E-state index contributed by atoms with van der Waals surface area (Å²) in [5.74, 6) is 1.12. The molecule has 0 saturated carbocycles. The smallest absolute Gasteiger partial charge is 0.224 e. The number of hydrogen-bond acceptors (Lipinski definition) is 5. The third-order valence-electron chi connectivity index (χ3n) is 2.92. The summed E-state index contributed by atoms with van der Waals surface area (Å²) >= 11 is 0. The first kappa shape index (κ1) is 10.1. The summed E-state index contributed by atoms with van der Waals surface area (Å²) in [5, 5.41) is 0. The van der Waals surface area contributed by atoms with Crippen molar-refractivity contribution in [1.29, 1.82) is 0 Å². The van der Waals surface area contributed by atoms with Crippen LogP contribution >= 0.6 is 0 Å². The molecule has 88 valence electrons. The standard InChI is InChI=1S/C11H14N6/c1-7-3-2-4-17(5-7)10-8-9(14-6-13-8)15-11(12)16-10/h3,6H,2,4-5H2,1H3,(H3,12,13,14,15,16). The van der Waals surface area contributed by atoms with E-state index in [9.17, 15) is 0 Å². The highest BCUT2D eigenvalue weighted by atomic mass is 15.2. The van der Waals surface area contributed by atoms with Crippen LogP contribution in [0.3, 0.4) is 0 Å². The Balaban J connectivity index is 2.10. The molecule has 3 N–H and O–H groups in total. The fourth-order valence-electron chi connectivity index (χ4n) is 2.16. The molecule has 0 unspecified atom stereocenters. The third-order valence-corrected chi connectivity index (χ3v) is 2.92. The average Bonchev–Trinajstić information content (AvgIpc) is 2.75. The predicted molar refractivity (Wildman–Crippen MR) is 66.7 cm³/mol. The van der Waals surface area contributed by atoms with Gasteiger partial charge in [0.05, 0.1) is 6.33 Å². The minimum Gasteiger partial charge on any atom is -0.368 e. The van der Waals surface area contributed by atoms with Gasteiger partial charge in [0.2, 0.25) is 5.95 Å². The Kier molecular flexibility index (Phi) is 2.21. The van der Waals surface area contributed by atoms with E-state index in [2.05, 4.69) is 37.8 Å². The van der Waals surface area contributed by atoms with Crippen molar-refractivity contribution >= 4 is 22.9 Å². The molecule has 0 aromatic carbocycles. The monoisotopic (exact) mass is 230 g/mol. The Bertz CT molecular complexity index is 585. The molecule has 0 fully saturated rings. The maximum absolute atomic E-state index is 5.71. The lowest BCUT2D eigenvalue weighted by molar-refractivity contribution is 0.780. The van der Waals surface area contributed by atoms with Crippen LogP contribution in [0.15, 0.2) is 18.0 Å².